The van der Waals surface area contributed by atoms with Gasteiger partial charge in [-0.05, 0) is 40.6 Å². The van der Waals surface area contributed by atoms with Gasteiger partial charge in [-0.2, -0.15) is 0 Å². The van der Waals surface area contributed by atoms with E-state index in [2.05, 4.69) is 73.9 Å². The van der Waals surface area contributed by atoms with Crippen molar-refractivity contribution in [2.45, 2.75) is 26.2 Å². The zero-order chi connectivity index (χ0) is 19.5. The van der Waals surface area contributed by atoms with Gasteiger partial charge in [-0.1, -0.05) is 57.2 Å². The van der Waals surface area contributed by atoms with Crippen molar-refractivity contribution in [2.75, 3.05) is 0 Å². The molecule has 3 nitrogen and oxygen atoms in total. The lowest BCUT2D eigenvalue weighted by atomic mass is 9.88. The molecule has 0 radical (unpaired) electrons. The predicted octanol–water partition coefficient (Wildman–Crippen LogP) is 6.34. The quantitative estimate of drug-likeness (QED) is 0.376. The molecule has 5 rings (SSSR count). The Morgan fingerprint density at radius 1 is 0.821 bits per heavy atom. The second-order valence-electron chi connectivity index (χ2n) is 8.37. The first kappa shape index (κ1) is 16.8. The number of fused-ring (bicyclic) bond motifs is 5. The summed E-state index contributed by atoms with van der Waals surface area (Å²) in [4.78, 5) is 4.71. The summed E-state index contributed by atoms with van der Waals surface area (Å²) in [6.07, 6.45) is 1.88. The van der Waals surface area contributed by atoms with Gasteiger partial charge in [-0.15, -0.1) is 0 Å². The van der Waals surface area contributed by atoms with Gasteiger partial charge in [0.15, 0.2) is 0 Å². The average molecular weight is 366 g/mol. The van der Waals surface area contributed by atoms with E-state index >= 15 is 0 Å². The van der Waals surface area contributed by atoms with Crippen molar-refractivity contribution in [3.8, 4) is 11.6 Å². The second-order valence-corrected chi connectivity index (χ2v) is 8.37. The molecule has 0 aliphatic rings. The van der Waals surface area contributed by atoms with Gasteiger partial charge in [0.25, 0.3) is 0 Å². The number of aromatic nitrogens is 2. The van der Waals surface area contributed by atoms with Crippen LogP contribution in [0.1, 0.15) is 26.3 Å². The molecule has 1 N–H and O–H groups in total. The maximum atomic E-state index is 10.2. The molecule has 0 unspecified atom stereocenters. The standard InChI is InChI=1S/C25H22N2O/c1-25(2,3)17-12-13-26-23(14-17)27-22-15-18(28)9-11-20(22)21-10-8-16-6-4-5-7-19(16)24(21)27/h4-15,28H,1-3H3. The molecule has 0 spiro atoms. The minimum atomic E-state index is 0.0284. The van der Waals surface area contributed by atoms with Gasteiger partial charge in [0, 0.05) is 28.4 Å². The van der Waals surface area contributed by atoms with Gasteiger partial charge in [0.2, 0.25) is 0 Å². The van der Waals surface area contributed by atoms with E-state index in [-0.39, 0.29) is 11.2 Å². The summed E-state index contributed by atoms with van der Waals surface area (Å²) < 4.78 is 2.18. The molecule has 3 heteroatoms. The lowest BCUT2D eigenvalue weighted by Gasteiger charge is -2.20. The van der Waals surface area contributed by atoms with E-state index in [9.17, 15) is 5.11 Å². The second kappa shape index (κ2) is 5.83. The fraction of sp³-hybridized carbons (Fsp3) is 0.160. The van der Waals surface area contributed by atoms with Crippen LogP contribution in [0.25, 0.3) is 38.4 Å². The highest BCUT2D eigenvalue weighted by Gasteiger charge is 2.19. The molecule has 0 atom stereocenters. The summed E-state index contributed by atoms with van der Waals surface area (Å²) in [5.41, 5.74) is 3.34. The average Bonchev–Trinajstić information content (AvgIpc) is 3.01. The summed E-state index contributed by atoms with van der Waals surface area (Å²) in [6.45, 7) is 6.62. The van der Waals surface area contributed by atoms with Gasteiger partial charge in [0.1, 0.15) is 11.6 Å². The van der Waals surface area contributed by atoms with E-state index in [1.54, 1.807) is 6.07 Å². The van der Waals surface area contributed by atoms with Crippen LogP contribution in [0.2, 0.25) is 0 Å². The van der Waals surface area contributed by atoms with Crippen molar-refractivity contribution >= 4 is 32.6 Å². The number of phenolic OH excluding ortho intramolecular Hbond substituents is 1. The number of hydrogen-bond donors (Lipinski definition) is 1. The maximum absolute atomic E-state index is 10.2. The largest absolute Gasteiger partial charge is 0.508 e. The Morgan fingerprint density at radius 2 is 1.61 bits per heavy atom. The van der Waals surface area contributed by atoms with E-state index in [0.29, 0.717) is 0 Å². The Bertz CT molecular complexity index is 1360. The van der Waals surface area contributed by atoms with Crippen LogP contribution < -0.4 is 0 Å². The molecule has 5 aromatic rings. The molecule has 0 fully saturated rings. The van der Waals surface area contributed by atoms with Gasteiger partial charge >= 0.3 is 0 Å². The van der Waals surface area contributed by atoms with Crippen LogP contribution in [-0.2, 0) is 5.41 Å². The molecule has 3 aromatic carbocycles. The number of phenols is 1. The van der Waals surface area contributed by atoms with Gasteiger partial charge in [-0.3, -0.25) is 4.57 Å². The highest BCUT2D eigenvalue weighted by molar-refractivity contribution is 6.18. The zero-order valence-corrected chi connectivity index (χ0v) is 16.3. The highest BCUT2D eigenvalue weighted by Crippen LogP contribution is 2.37. The molecule has 0 aliphatic carbocycles. The minimum absolute atomic E-state index is 0.0284. The van der Waals surface area contributed by atoms with Gasteiger partial charge in [-0.25, -0.2) is 4.98 Å². The molecule has 0 saturated heterocycles. The SMILES string of the molecule is CC(C)(C)c1ccnc(-n2c3cc(O)ccc3c3ccc4ccccc4c32)c1. The fourth-order valence-corrected chi connectivity index (χ4v) is 4.01. The number of pyridine rings is 1. The van der Waals surface area contributed by atoms with Crippen LogP contribution in [-0.4, -0.2) is 14.7 Å². The summed E-state index contributed by atoms with van der Waals surface area (Å²) in [5, 5.41) is 14.8. The summed E-state index contributed by atoms with van der Waals surface area (Å²) in [5.74, 6) is 1.13. The van der Waals surface area contributed by atoms with Crippen molar-refractivity contribution in [3.63, 3.8) is 0 Å². The van der Waals surface area contributed by atoms with E-state index < -0.39 is 0 Å². The smallest absolute Gasteiger partial charge is 0.137 e. The summed E-state index contributed by atoms with van der Waals surface area (Å²) in [6, 6.07) is 22.5. The Morgan fingerprint density at radius 3 is 2.43 bits per heavy atom. The lowest BCUT2D eigenvalue weighted by molar-refractivity contribution is 0.476. The molecule has 0 saturated carbocycles. The molecule has 0 bridgehead atoms. The normalized spacial score (nSPS) is 12.2. The van der Waals surface area contributed by atoms with Crippen LogP contribution in [0, 0.1) is 0 Å². The number of hydrogen-bond acceptors (Lipinski definition) is 2. The van der Waals surface area contributed by atoms with Crippen LogP contribution in [0.5, 0.6) is 5.75 Å². The van der Waals surface area contributed by atoms with Crippen LogP contribution in [0.3, 0.4) is 0 Å². The third-order valence-corrected chi connectivity index (χ3v) is 5.48. The predicted molar refractivity (Wildman–Crippen MR) is 116 cm³/mol. The van der Waals surface area contributed by atoms with Crippen LogP contribution >= 0.6 is 0 Å². The topological polar surface area (TPSA) is 38.0 Å². The van der Waals surface area contributed by atoms with Gasteiger partial charge in [0.05, 0.1) is 11.0 Å². The van der Waals surface area contributed by atoms with E-state index in [0.717, 1.165) is 27.6 Å². The first-order valence-corrected chi connectivity index (χ1v) is 9.55. The first-order chi connectivity index (χ1) is 13.4. The molecule has 28 heavy (non-hydrogen) atoms. The van der Waals surface area contributed by atoms with Crippen molar-refractivity contribution < 1.29 is 5.11 Å². The number of aromatic hydroxyl groups is 1. The van der Waals surface area contributed by atoms with Crippen LogP contribution in [0.4, 0.5) is 0 Å². The minimum Gasteiger partial charge on any atom is -0.508 e. The first-order valence-electron chi connectivity index (χ1n) is 9.55. The third-order valence-electron chi connectivity index (χ3n) is 5.48. The Kier molecular flexibility index (Phi) is 3.50. The molecule has 0 aliphatic heterocycles. The zero-order valence-electron chi connectivity index (χ0n) is 16.3. The molecule has 2 heterocycles. The molecular weight excluding hydrogens is 344 g/mol. The number of benzene rings is 3. The Hall–Kier alpha value is -3.33. The summed E-state index contributed by atoms with van der Waals surface area (Å²) >= 11 is 0. The van der Waals surface area contributed by atoms with E-state index in [4.69, 9.17) is 4.98 Å². The van der Waals surface area contributed by atoms with Crippen molar-refractivity contribution in [1.82, 2.24) is 9.55 Å². The molecular formula is C25H22N2O. The number of rotatable bonds is 1. The van der Waals surface area contributed by atoms with Crippen LogP contribution in [0.15, 0.2) is 72.9 Å². The van der Waals surface area contributed by atoms with E-state index in [1.807, 2.05) is 18.3 Å². The fourth-order valence-electron chi connectivity index (χ4n) is 4.01. The lowest BCUT2D eigenvalue weighted by Crippen LogP contribution is -2.12. The Labute approximate surface area is 163 Å². The van der Waals surface area contributed by atoms with E-state index in [1.165, 1.54) is 16.3 Å². The van der Waals surface area contributed by atoms with Gasteiger partial charge < -0.3 is 5.11 Å². The Balaban J connectivity index is 1.99. The highest BCUT2D eigenvalue weighted by atomic mass is 16.3. The third kappa shape index (κ3) is 2.47. The maximum Gasteiger partial charge on any atom is 0.137 e. The van der Waals surface area contributed by atoms with Crippen molar-refractivity contribution in [1.29, 1.82) is 0 Å². The van der Waals surface area contributed by atoms with Crippen molar-refractivity contribution in [3.05, 3.63) is 78.5 Å². The van der Waals surface area contributed by atoms with Crippen molar-refractivity contribution in [2.24, 2.45) is 0 Å². The monoisotopic (exact) mass is 366 g/mol. The summed E-state index contributed by atoms with van der Waals surface area (Å²) in [7, 11) is 0. The molecule has 138 valence electrons. The molecule has 2 aromatic heterocycles. The molecule has 0 amide bonds. The number of nitrogens with zero attached hydrogens (tertiary/aromatic N) is 2.